The van der Waals surface area contributed by atoms with Gasteiger partial charge in [0.15, 0.2) is 0 Å². The normalized spacial score (nSPS) is 16.7. The first-order chi connectivity index (χ1) is 13.0. The number of carbonyl (C=O) groups is 3. The molecule has 1 atom stereocenters. The van der Waals surface area contributed by atoms with E-state index in [0.717, 1.165) is 21.5 Å². The third kappa shape index (κ3) is 4.78. The van der Waals surface area contributed by atoms with Gasteiger partial charge in [0.05, 0.1) is 10.9 Å². The van der Waals surface area contributed by atoms with Crippen molar-refractivity contribution < 1.29 is 14.4 Å². The first kappa shape index (κ1) is 19.6. The molecule has 27 heavy (non-hydrogen) atoms. The molecule has 1 fully saturated rings. The quantitative estimate of drug-likeness (QED) is 0.657. The fraction of sp³-hybridized carbons (Fsp3) is 0.250. The van der Waals surface area contributed by atoms with Crippen LogP contribution in [-0.2, 0) is 14.4 Å². The molecule has 1 aliphatic rings. The summed E-state index contributed by atoms with van der Waals surface area (Å²) in [5.41, 5.74) is 1.31. The number of carbonyl (C=O) groups excluding carboxylic acids is 3. The Labute approximate surface area is 170 Å². The van der Waals surface area contributed by atoms with Crippen molar-refractivity contribution in [3.63, 3.8) is 0 Å². The number of rotatable bonds is 6. The zero-order valence-electron chi connectivity index (χ0n) is 14.8. The predicted octanol–water partition coefficient (Wildman–Crippen LogP) is 4.61. The van der Waals surface area contributed by atoms with Crippen LogP contribution in [0.5, 0.6) is 0 Å². The number of imide groups is 1. The SMILES string of the molecule is CCCC(=O)Nc1ccc(SC2CC(=O)N(c3ccc(Br)cc3)C2=O)cc1. The summed E-state index contributed by atoms with van der Waals surface area (Å²) >= 11 is 4.72. The Bertz CT molecular complexity index is 853. The first-order valence-electron chi connectivity index (χ1n) is 8.67. The van der Waals surface area contributed by atoms with Crippen molar-refractivity contribution in [1.29, 1.82) is 0 Å². The lowest BCUT2D eigenvalue weighted by Crippen LogP contribution is -2.31. The van der Waals surface area contributed by atoms with Crippen LogP contribution in [0.3, 0.4) is 0 Å². The monoisotopic (exact) mass is 446 g/mol. The molecule has 0 bridgehead atoms. The fourth-order valence-corrected chi connectivity index (χ4v) is 4.11. The molecule has 1 saturated heterocycles. The molecule has 0 aromatic heterocycles. The van der Waals surface area contributed by atoms with E-state index >= 15 is 0 Å². The van der Waals surface area contributed by atoms with E-state index in [1.165, 1.54) is 16.7 Å². The highest BCUT2D eigenvalue weighted by Gasteiger charge is 2.40. The third-order valence-corrected chi connectivity index (χ3v) is 5.81. The lowest BCUT2D eigenvalue weighted by molar-refractivity contribution is -0.121. The molecule has 0 saturated carbocycles. The van der Waals surface area contributed by atoms with Crippen molar-refractivity contribution in [3.05, 3.63) is 53.0 Å². The maximum Gasteiger partial charge on any atom is 0.247 e. The summed E-state index contributed by atoms with van der Waals surface area (Å²) in [6, 6.07) is 14.4. The van der Waals surface area contributed by atoms with Gasteiger partial charge in [-0.25, -0.2) is 4.90 Å². The fourth-order valence-electron chi connectivity index (χ4n) is 2.79. The second-order valence-corrected chi connectivity index (χ2v) is 8.37. The predicted molar refractivity (Wildman–Crippen MR) is 111 cm³/mol. The minimum Gasteiger partial charge on any atom is -0.326 e. The summed E-state index contributed by atoms with van der Waals surface area (Å²) in [5, 5.41) is 2.39. The van der Waals surface area contributed by atoms with E-state index in [1.54, 1.807) is 12.1 Å². The summed E-state index contributed by atoms with van der Waals surface area (Å²) < 4.78 is 0.891. The van der Waals surface area contributed by atoms with Gasteiger partial charge >= 0.3 is 0 Å². The van der Waals surface area contributed by atoms with E-state index in [9.17, 15) is 14.4 Å². The van der Waals surface area contributed by atoms with Crippen LogP contribution >= 0.6 is 27.7 Å². The highest BCUT2D eigenvalue weighted by Crippen LogP contribution is 2.34. The molecule has 0 aliphatic carbocycles. The summed E-state index contributed by atoms with van der Waals surface area (Å²) in [6.07, 6.45) is 1.46. The van der Waals surface area contributed by atoms with Gasteiger partial charge in [0.2, 0.25) is 17.7 Å². The van der Waals surface area contributed by atoms with Gasteiger partial charge in [-0.2, -0.15) is 0 Å². The minimum atomic E-state index is -0.443. The van der Waals surface area contributed by atoms with Crippen molar-refractivity contribution in [2.75, 3.05) is 10.2 Å². The van der Waals surface area contributed by atoms with Crippen LogP contribution in [0.4, 0.5) is 11.4 Å². The Morgan fingerprint density at radius 2 is 1.81 bits per heavy atom. The number of benzene rings is 2. The van der Waals surface area contributed by atoms with Gasteiger partial charge in [-0.3, -0.25) is 14.4 Å². The Morgan fingerprint density at radius 1 is 1.15 bits per heavy atom. The smallest absolute Gasteiger partial charge is 0.247 e. The highest BCUT2D eigenvalue weighted by molar-refractivity contribution is 9.10. The van der Waals surface area contributed by atoms with E-state index in [1.807, 2.05) is 43.3 Å². The summed E-state index contributed by atoms with van der Waals surface area (Å²) in [6.45, 7) is 1.96. The van der Waals surface area contributed by atoms with Crippen molar-refractivity contribution in [2.45, 2.75) is 36.3 Å². The summed E-state index contributed by atoms with van der Waals surface area (Å²) in [4.78, 5) is 38.8. The number of anilines is 2. The van der Waals surface area contributed by atoms with Crippen molar-refractivity contribution in [1.82, 2.24) is 0 Å². The molecular weight excluding hydrogens is 428 g/mol. The van der Waals surface area contributed by atoms with Crippen molar-refractivity contribution in [3.8, 4) is 0 Å². The van der Waals surface area contributed by atoms with Crippen LogP contribution in [0.15, 0.2) is 57.9 Å². The standard InChI is InChI=1S/C20H19BrN2O3S/c1-2-3-18(24)22-14-6-10-16(11-7-14)27-17-12-19(25)23(20(17)26)15-8-4-13(21)5-9-15/h4-11,17H,2-3,12H2,1H3,(H,22,24). The second kappa shape index (κ2) is 8.71. The van der Waals surface area contributed by atoms with Crippen LogP contribution < -0.4 is 10.2 Å². The average molecular weight is 447 g/mol. The average Bonchev–Trinajstić information content (AvgIpc) is 2.91. The minimum absolute atomic E-state index is 0.0142. The number of amides is 3. The maximum absolute atomic E-state index is 12.7. The van der Waals surface area contributed by atoms with E-state index in [4.69, 9.17) is 0 Å². The lowest BCUT2D eigenvalue weighted by Gasteiger charge is -2.15. The zero-order chi connectivity index (χ0) is 19.4. The van der Waals surface area contributed by atoms with Gasteiger partial charge in [-0.05, 0) is 55.0 Å². The van der Waals surface area contributed by atoms with Gasteiger partial charge < -0.3 is 5.32 Å². The largest absolute Gasteiger partial charge is 0.326 e. The number of nitrogens with one attached hydrogen (secondary N) is 1. The number of hydrogen-bond donors (Lipinski definition) is 1. The molecule has 0 radical (unpaired) electrons. The Balaban J connectivity index is 1.66. The van der Waals surface area contributed by atoms with Crippen molar-refractivity contribution in [2.24, 2.45) is 0 Å². The molecule has 1 N–H and O–H groups in total. The molecule has 1 aliphatic heterocycles. The van der Waals surface area contributed by atoms with E-state index in [-0.39, 0.29) is 24.1 Å². The first-order valence-corrected chi connectivity index (χ1v) is 10.3. The van der Waals surface area contributed by atoms with Crippen LogP contribution in [0.1, 0.15) is 26.2 Å². The molecule has 1 heterocycles. The van der Waals surface area contributed by atoms with Crippen LogP contribution in [-0.4, -0.2) is 23.0 Å². The second-order valence-electron chi connectivity index (χ2n) is 6.18. The Morgan fingerprint density at radius 3 is 2.44 bits per heavy atom. The molecule has 3 rings (SSSR count). The van der Waals surface area contributed by atoms with E-state index in [2.05, 4.69) is 21.2 Å². The van der Waals surface area contributed by atoms with Gasteiger partial charge in [-0.1, -0.05) is 22.9 Å². The molecule has 0 spiro atoms. The molecule has 2 aromatic rings. The van der Waals surface area contributed by atoms with Crippen molar-refractivity contribution >= 4 is 56.8 Å². The van der Waals surface area contributed by atoms with Crippen LogP contribution in [0.25, 0.3) is 0 Å². The van der Waals surface area contributed by atoms with Gasteiger partial charge in [-0.15, -0.1) is 11.8 Å². The van der Waals surface area contributed by atoms with Crippen LogP contribution in [0, 0.1) is 0 Å². The zero-order valence-corrected chi connectivity index (χ0v) is 17.2. The van der Waals surface area contributed by atoms with Crippen LogP contribution in [0.2, 0.25) is 0 Å². The van der Waals surface area contributed by atoms with Gasteiger partial charge in [0.1, 0.15) is 0 Å². The van der Waals surface area contributed by atoms with Gasteiger partial charge in [0.25, 0.3) is 0 Å². The maximum atomic E-state index is 12.7. The number of thioether (sulfide) groups is 1. The summed E-state index contributed by atoms with van der Waals surface area (Å²) in [7, 11) is 0. The molecule has 7 heteroatoms. The molecule has 5 nitrogen and oxygen atoms in total. The number of hydrogen-bond acceptors (Lipinski definition) is 4. The highest BCUT2D eigenvalue weighted by atomic mass is 79.9. The number of nitrogens with zero attached hydrogens (tertiary/aromatic N) is 1. The number of halogens is 1. The Kier molecular flexibility index (Phi) is 6.34. The Hall–Kier alpha value is -2.12. The molecule has 3 amide bonds. The summed E-state index contributed by atoms with van der Waals surface area (Å²) in [5.74, 6) is -0.407. The molecule has 140 valence electrons. The lowest BCUT2D eigenvalue weighted by atomic mass is 10.3. The van der Waals surface area contributed by atoms with Gasteiger partial charge in [0, 0.05) is 27.9 Å². The topological polar surface area (TPSA) is 66.5 Å². The van der Waals surface area contributed by atoms with E-state index < -0.39 is 5.25 Å². The molecule has 2 aromatic carbocycles. The molecular formula is C20H19BrN2O3S. The molecule has 1 unspecified atom stereocenters. The van der Waals surface area contributed by atoms with E-state index in [0.29, 0.717) is 12.1 Å². The third-order valence-electron chi connectivity index (χ3n) is 4.08.